The van der Waals surface area contributed by atoms with Gasteiger partial charge in [0.15, 0.2) is 0 Å². The van der Waals surface area contributed by atoms with Crippen LogP contribution in [0.4, 0.5) is 13.2 Å². The maximum Gasteiger partial charge on any atom is 0.412 e. The fourth-order valence-electron chi connectivity index (χ4n) is 2.72. The topological polar surface area (TPSA) is 30.7 Å². The lowest BCUT2D eigenvalue weighted by atomic mass is 10.00. The molecule has 0 atom stereocenters. The molecule has 0 unspecified atom stereocenters. The molecule has 0 aliphatic heterocycles. The van der Waals surface area contributed by atoms with Gasteiger partial charge >= 0.3 is 6.18 Å². The number of terminal acetylenes is 1. The molecule has 2 aromatic rings. The predicted molar refractivity (Wildman–Crippen MR) is 88.3 cm³/mol. The van der Waals surface area contributed by atoms with Crippen LogP contribution >= 0.6 is 11.8 Å². The van der Waals surface area contributed by atoms with E-state index in [0.717, 1.165) is 22.2 Å². The van der Waals surface area contributed by atoms with Crippen molar-refractivity contribution in [3.63, 3.8) is 0 Å². The Labute approximate surface area is 142 Å². The number of nitrogens with zero attached hydrogens (tertiary/aromatic N) is 3. The molecule has 0 spiro atoms. The van der Waals surface area contributed by atoms with E-state index in [1.54, 1.807) is 18.5 Å². The summed E-state index contributed by atoms with van der Waals surface area (Å²) in [5, 5.41) is 0. The van der Waals surface area contributed by atoms with Crippen molar-refractivity contribution >= 4 is 17.8 Å². The molecule has 0 saturated carbocycles. The van der Waals surface area contributed by atoms with Gasteiger partial charge in [-0.25, -0.2) is 4.98 Å². The molecule has 2 heterocycles. The van der Waals surface area contributed by atoms with E-state index in [-0.39, 0.29) is 6.42 Å². The largest absolute Gasteiger partial charge is 0.412 e. The normalized spacial score (nSPS) is 14.0. The molecule has 2 aromatic heterocycles. The van der Waals surface area contributed by atoms with E-state index in [9.17, 15) is 13.2 Å². The van der Waals surface area contributed by atoms with E-state index in [0.29, 0.717) is 23.7 Å². The Morgan fingerprint density at radius 2 is 2.17 bits per heavy atom. The number of aromatic nitrogens is 3. The predicted octanol–water partition coefficient (Wildman–Crippen LogP) is 4.10. The Bertz CT molecular complexity index is 844. The summed E-state index contributed by atoms with van der Waals surface area (Å²) < 4.78 is 40.7. The average molecular weight is 349 g/mol. The van der Waals surface area contributed by atoms with E-state index in [1.807, 2.05) is 11.6 Å². The van der Waals surface area contributed by atoms with Crippen LogP contribution in [0.25, 0.3) is 17.5 Å². The average Bonchev–Trinajstić information content (AvgIpc) is 2.89. The van der Waals surface area contributed by atoms with Crippen LogP contribution in [-0.4, -0.2) is 26.5 Å². The summed E-state index contributed by atoms with van der Waals surface area (Å²) in [5.41, 5.74) is 1.49. The van der Waals surface area contributed by atoms with Crippen molar-refractivity contribution in [3.05, 3.63) is 35.4 Å². The van der Waals surface area contributed by atoms with Crippen LogP contribution in [0.15, 0.2) is 28.9 Å². The first kappa shape index (κ1) is 16.7. The van der Waals surface area contributed by atoms with Gasteiger partial charge in [-0.15, -0.1) is 18.2 Å². The molecule has 0 radical (unpaired) electrons. The minimum atomic E-state index is -4.31. The highest BCUT2D eigenvalue weighted by Gasteiger charge is 2.36. The number of hydrogen-bond acceptors (Lipinski definition) is 3. The Hall–Kier alpha value is -2.20. The molecule has 0 saturated heterocycles. The third-order valence-corrected chi connectivity index (χ3v) is 4.83. The van der Waals surface area contributed by atoms with Gasteiger partial charge in [0.2, 0.25) is 0 Å². The molecule has 1 aliphatic carbocycles. The van der Waals surface area contributed by atoms with E-state index >= 15 is 0 Å². The van der Waals surface area contributed by atoms with Gasteiger partial charge in [0.1, 0.15) is 5.82 Å². The van der Waals surface area contributed by atoms with Crippen LogP contribution in [0.2, 0.25) is 0 Å². The molecular formula is C17H14F3N3S. The maximum absolute atomic E-state index is 12.9. The minimum absolute atomic E-state index is 0.0233. The van der Waals surface area contributed by atoms with Gasteiger partial charge in [-0.2, -0.15) is 13.2 Å². The zero-order valence-corrected chi connectivity index (χ0v) is 13.7. The molecule has 7 heteroatoms. The number of alkyl halides is 3. The fraction of sp³-hybridized carbons (Fsp3) is 0.294. The second kappa shape index (κ2) is 6.36. The number of allylic oxidation sites excluding steroid dienone is 1. The zero-order valence-electron chi connectivity index (χ0n) is 12.9. The fourth-order valence-corrected chi connectivity index (χ4v) is 3.41. The minimum Gasteiger partial charge on any atom is -0.330 e. The highest BCUT2D eigenvalue weighted by molar-refractivity contribution is 7.99. The SMILES string of the molecule is C#CCSc1cnccc1-c1nc2c(n1C)CCC(C(F)(F)F)=C2. The Balaban J connectivity index is 2.06. The maximum atomic E-state index is 12.9. The molecule has 0 fully saturated rings. The highest BCUT2D eigenvalue weighted by Crippen LogP contribution is 2.37. The van der Waals surface area contributed by atoms with Crippen LogP contribution in [0.3, 0.4) is 0 Å². The van der Waals surface area contributed by atoms with Crippen LogP contribution in [-0.2, 0) is 13.5 Å². The van der Waals surface area contributed by atoms with Crippen molar-refractivity contribution in [2.45, 2.75) is 23.9 Å². The quantitative estimate of drug-likeness (QED) is 0.617. The third-order valence-electron chi connectivity index (χ3n) is 3.89. The highest BCUT2D eigenvalue weighted by atomic mass is 32.2. The summed E-state index contributed by atoms with van der Waals surface area (Å²) in [6, 6.07) is 1.81. The van der Waals surface area contributed by atoms with E-state index in [2.05, 4.69) is 15.9 Å². The van der Waals surface area contributed by atoms with Crippen molar-refractivity contribution in [2.24, 2.45) is 7.05 Å². The van der Waals surface area contributed by atoms with Crippen molar-refractivity contribution in [3.8, 4) is 23.7 Å². The zero-order chi connectivity index (χ0) is 17.3. The lowest BCUT2D eigenvalue weighted by Crippen LogP contribution is -2.16. The molecule has 124 valence electrons. The summed E-state index contributed by atoms with van der Waals surface area (Å²) in [7, 11) is 1.82. The second-order valence-electron chi connectivity index (χ2n) is 5.36. The van der Waals surface area contributed by atoms with Gasteiger partial charge < -0.3 is 4.57 Å². The van der Waals surface area contributed by atoms with Crippen LogP contribution in [0.1, 0.15) is 17.8 Å². The summed E-state index contributed by atoms with van der Waals surface area (Å²) in [6.07, 6.45) is 5.78. The second-order valence-corrected chi connectivity index (χ2v) is 6.38. The smallest absolute Gasteiger partial charge is 0.330 e. The summed E-state index contributed by atoms with van der Waals surface area (Å²) in [4.78, 5) is 9.40. The first-order valence-corrected chi connectivity index (χ1v) is 8.24. The molecule has 0 aromatic carbocycles. The van der Waals surface area contributed by atoms with Gasteiger partial charge in [-0.05, 0) is 25.0 Å². The van der Waals surface area contributed by atoms with Gasteiger partial charge in [0, 0.05) is 41.2 Å². The lowest BCUT2D eigenvalue weighted by Gasteiger charge is -2.16. The van der Waals surface area contributed by atoms with Crippen molar-refractivity contribution in [2.75, 3.05) is 5.75 Å². The van der Waals surface area contributed by atoms with E-state index in [1.165, 1.54) is 11.8 Å². The van der Waals surface area contributed by atoms with Gasteiger partial charge in [-0.3, -0.25) is 4.98 Å². The molecule has 3 rings (SSSR count). The summed E-state index contributed by atoms with van der Waals surface area (Å²) in [6.45, 7) is 0. The molecular weight excluding hydrogens is 335 g/mol. The van der Waals surface area contributed by atoms with Crippen LogP contribution in [0.5, 0.6) is 0 Å². The molecule has 1 aliphatic rings. The number of imidazole rings is 1. The Morgan fingerprint density at radius 1 is 1.38 bits per heavy atom. The lowest BCUT2D eigenvalue weighted by molar-refractivity contribution is -0.0931. The number of halogens is 3. The van der Waals surface area contributed by atoms with Crippen molar-refractivity contribution in [1.82, 2.24) is 14.5 Å². The van der Waals surface area contributed by atoms with E-state index < -0.39 is 11.7 Å². The third kappa shape index (κ3) is 3.06. The number of fused-ring (bicyclic) bond motifs is 1. The molecule has 0 bridgehead atoms. The Kier molecular flexibility index (Phi) is 4.41. The summed E-state index contributed by atoms with van der Waals surface area (Å²) in [5.74, 6) is 3.67. The monoisotopic (exact) mass is 349 g/mol. The van der Waals surface area contributed by atoms with Crippen molar-refractivity contribution in [1.29, 1.82) is 0 Å². The van der Waals surface area contributed by atoms with Gasteiger partial charge in [0.05, 0.1) is 11.4 Å². The standard InChI is InChI=1S/C17H14F3N3S/c1-3-8-24-15-10-21-7-6-12(15)16-22-13-9-11(17(18,19)20)4-5-14(13)23(16)2/h1,6-7,9-10H,4-5,8H2,2H3. The van der Waals surface area contributed by atoms with Crippen molar-refractivity contribution < 1.29 is 13.2 Å². The number of rotatable bonds is 3. The number of hydrogen-bond donors (Lipinski definition) is 0. The van der Waals surface area contributed by atoms with E-state index in [4.69, 9.17) is 6.42 Å². The van der Waals surface area contributed by atoms with Gasteiger partial charge in [0.25, 0.3) is 0 Å². The molecule has 0 N–H and O–H groups in total. The molecule has 0 amide bonds. The first-order valence-electron chi connectivity index (χ1n) is 7.26. The summed E-state index contributed by atoms with van der Waals surface area (Å²) >= 11 is 1.45. The Morgan fingerprint density at radius 3 is 2.88 bits per heavy atom. The molecule has 3 nitrogen and oxygen atoms in total. The van der Waals surface area contributed by atoms with Gasteiger partial charge in [-0.1, -0.05) is 5.92 Å². The van der Waals surface area contributed by atoms with Crippen LogP contribution in [0, 0.1) is 12.3 Å². The number of pyridine rings is 1. The first-order chi connectivity index (χ1) is 11.4. The molecule has 24 heavy (non-hydrogen) atoms. The number of thioether (sulfide) groups is 1. The van der Waals surface area contributed by atoms with Crippen LogP contribution < -0.4 is 0 Å².